The average molecular weight is 339 g/mol. The van der Waals surface area contributed by atoms with E-state index in [9.17, 15) is 4.79 Å². The molecule has 4 heteroatoms. The topological polar surface area (TPSA) is 35.6 Å². The van der Waals surface area contributed by atoms with Gasteiger partial charge in [-0.2, -0.15) is 0 Å². The third-order valence-electron chi connectivity index (χ3n) is 5.96. The van der Waals surface area contributed by atoms with Gasteiger partial charge in [-0.25, -0.2) is 5.43 Å². The van der Waals surface area contributed by atoms with Gasteiger partial charge >= 0.3 is 0 Å². The lowest BCUT2D eigenvalue weighted by molar-refractivity contribution is -0.136. The Labute approximate surface area is 150 Å². The highest BCUT2D eigenvalue weighted by atomic mass is 16.2. The quantitative estimate of drug-likeness (QED) is 0.895. The zero-order valence-electron chi connectivity index (χ0n) is 15.5. The van der Waals surface area contributed by atoms with Crippen LogP contribution in [0.25, 0.3) is 0 Å². The first-order chi connectivity index (χ1) is 11.9. The van der Waals surface area contributed by atoms with E-state index in [2.05, 4.69) is 55.5 Å². The van der Waals surface area contributed by atoms with Crippen LogP contribution >= 0.6 is 0 Å². The van der Waals surface area contributed by atoms with Crippen LogP contribution in [-0.2, 0) is 16.8 Å². The number of hydrogen-bond acceptors (Lipinski definition) is 3. The van der Waals surface area contributed by atoms with E-state index < -0.39 is 0 Å². The molecule has 0 bridgehead atoms. The molecule has 2 heterocycles. The van der Waals surface area contributed by atoms with E-state index >= 15 is 0 Å². The molecule has 1 N–H and O–H groups in total. The van der Waals surface area contributed by atoms with Gasteiger partial charge in [0, 0.05) is 24.4 Å². The van der Waals surface area contributed by atoms with Gasteiger partial charge in [0.25, 0.3) is 5.91 Å². The summed E-state index contributed by atoms with van der Waals surface area (Å²) in [7, 11) is 0. The molecule has 1 amide bonds. The molecule has 0 spiro atoms. The number of nitrogens with one attached hydrogen (secondary N) is 1. The van der Waals surface area contributed by atoms with Crippen molar-refractivity contribution in [2.24, 2.45) is 5.92 Å². The van der Waals surface area contributed by atoms with Gasteiger partial charge in [-0.3, -0.25) is 4.79 Å². The molecule has 25 heavy (non-hydrogen) atoms. The molecule has 0 radical (unpaired) electrons. The Hall–Kier alpha value is -1.81. The Kier molecular flexibility index (Phi) is 4.11. The molecule has 1 aliphatic carbocycles. The smallest absolute Gasteiger partial charge is 0.251 e. The van der Waals surface area contributed by atoms with Gasteiger partial charge in [0.1, 0.15) is 6.04 Å². The number of carbonyl (C=O) groups excluding carboxylic acids is 1. The van der Waals surface area contributed by atoms with Gasteiger partial charge in [-0.1, -0.05) is 57.9 Å². The molecule has 4 nitrogen and oxygen atoms in total. The van der Waals surface area contributed by atoms with Crippen molar-refractivity contribution >= 4 is 5.91 Å². The summed E-state index contributed by atoms with van der Waals surface area (Å²) in [5.74, 6) is 0.696. The largest absolute Gasteiger partial charge is 0.311 e. The summed E-state index contributed by atoms with van der Waals surface area (Å²) in [5.41, 5.74) is 6.20. The number of carbonyl (C=O) groups is 1. The van der Waals surface area contributed by atoms with Crippen molar-refractivity contribution in [3.63, 3.8) is 0 Å². The van der Waals surface area contributed by atoms with Crippen LogP contribution in [0.2, 0.25) is 0 Å². The Bertz CT molecular complexity index is 673. The fourth-order valence-electron chi connectivity index (χ4n) is 4.45. The van der Waals surface area contributed by atoms with Gasteiger partial charge in [-0.05, 0) is 29.4 Å². The maximum Gasteiger partial charge on any atom is 0.251 e. The van der Waals surface area contributed by atoms with Gasteiger partial charge in [0.2, 0.25) is 0 Å². The number of amides is 1. The summed E-state index contributed by atoms with van der Waals surface area (Å²) in [5, 5.41) is 2.06. The average Bonchev–Trinajstić information content (AvgIpc) is 2.96. The van der Waals surface area contributed by atoms with Crippen molar-refractivity contribution in [2.45, 2.75) is 70.5 Å². The molecular formula is C21H29N3O. The van der Waals surface area contributed by atoms with E-state index in [0.29, 0.717) is 18.5 Å². The molecule has 0 aromatic heterocycles. The zero-order valence-corrected chi connectivity index (χ0v) is 15.5. The molecule has 3 atom stereocenters. The lowest BCUT2D eigenvalue weighted by atomic mass is 9.81. The van der Waals surface area contributed by atoms with Gasteiger partial charge in [-0.15, -0.1) is 0 Å². The normalized spacial score (nSPS) is 28.9. The predicted octanol–water partition coefficient (Wildman–Crippen LogP) is 3.55. The number of hydrogen-bond donors (Lipinski definition) is 1. The highest BCUT2D eigenvalue weighted by Crippen LogP contribution is 2.36. The van der Waals surface area contributed by atoms with Crippen LogP contribution < -0.4 is 5.43 Å². The van der Waals surface area contributed by atoms with Gasteiger partial charge < -0.3 is 9.91 Å². The van der Waals surface area contributed by atoms with E-state index in [-0.39, 0.29) is 17.4 Å². The first-order valence-corrected chi connectivity index (χ1v) is 9.56. The summed E-state index contributed by atoms with van der Waals surface area (Å²) in [6.07, 6.45) is 8.85. The Morgan fingerprint density at radius 1 is 1.08 bits per heavy atom. The van der Waals surface area contributed by atoms with Crippen molar-refractivity contribution in [1.82, 2.24) is 15.3 Å². The minimum atomic E-state index is -0.0239. The van der Waals surface area contributed by atoms with E-state index in [1.807, 2.05) is 17.3 Å². The maximum atomic E-state index is 13.1. The SMILES string of the molecule is CC(C)(C)c1ccc(CN2C=CN3NC4CCCCC4C3C2=O)cc1. The minimum absolute atomic E-state index is 0.0239. The fraction of sp³-hybridized carbons (Fsp3) is 0.571. The third-order valence-corrected chi connectivity index (χ3v) is 5.96. The summed E-state index contributed by atoms with van der Waals surface area (Å²) >= 11 is 0. The van der Waals surface area contributed by atoms with Crippen LogP contribution in [0.5, 0.6) is 0 Å². The van der Waals surface area contributed by atoms with Crippen LogP contribution in [0, 0.1) is 5.92 Å². The molecule has 1 aromatic carbocycles. The standard InChI is InChI=1S/C21H29N3O/c1-21(2,3)16-10-8-15(9-11-16)14-23-12-13-24-19(20(23)25)17-6-4-5-7-18(17)22-24/h8-13,17-19,22H,4-7,14H2,1-3H3. The predicted molar refractivity (Wildman–Crippen MR) is 99.3 cm³/mol. The van der Waals surface area contributed by atoms with E-state index in [1.54, 1.807) is 0 Å². The minimum Gasteiger partial charge on any atom is -0.311 e. The third kappa shape index (κ3) is 3.08. The van der Waals surface area contributed by atoms with E-state index in [4.69, 9.17) is 0 Å². The second kappa shape index (κ2) is 6.17. The van der Waals surface area contributed by atoms with Crippen molar-refractivity contribution < 1.29 is 4.79 Å². The van der Waals surface area contributed by atoms with Crippen LogP contribution in [0.3, 0.4) is 0 Å². The second-order valence-electron chi connectivity index (χ2n) is 8.75. The van der Waals surface area contributed by atoms with Gasteiger partial charge in [0.05, 0.1) is 6.54 Å². The molecule has 4 rings (SSSR count). The van der Waals surface area contributed by atoms with Crippen molar-refractivity contribution in [1.29, 1.82) is 0 Å². The molecule has 2 fully saturated rings. The van der Waals surface area contributed by atoms with Crippen LogP contribution in [-0.4, -0.2) is 27.9 Å². The van der Waals surface area contributed by atoms with Crippen molar-refractivity contribution in [3.8, 4) is 0 Å². The summed E-state index contributed by atoms with van der Waals surface area (Å²) in [6, 6.07) is 9.14. The molecular weight excluding hydrogens is 310 g/mol. The fourth-order valence-corrected chi connectivity index (χ4v) is 4.45. The lowest BCUT2D eigenvalue weighted by Crippen LogP contribution is -2.49. The molecule has 3 unspecified atom stereocenters. The second-order valence-corrected chi connectivity index (χ2v) is 8.75. The lowest BCUT2D eigenvalue weighted by Gasteiger charge is -2.34. The number of rotatable bonds is 2. The maximum absolute atomic E-state index is 13.1. The molecule has 134 valence electrons. The van der Waals surface area contributed by atoms with Crippen LogP contribution in [0.15, 0.2) is 36.7 Å². The molecule has 1 saturated heterocycles. The van der Waals surface area contributed by atoms with E-state index in [0.717, 1.165) is 6.42 Å². The summed E-state index contributed by atoms with van der Waals surface area (Å²) in [6.45, 7) is 7.32. The van der Waals surface area contributed by atoms with Crippen molar-refractivity contribution in [2.75, 3.05) is 0 Å². The highest BCUT2D eigenvalue weighted by Gasteiger charge is 2.47. The molecule has 2 aliphatic heterocycles. The highest BCUT2D eigenvalue weighted by molar-refractivity contribution is 5.84. The zero-order chi connectivity index (χ0) is 17.6. The first-order valence-electron chi connectivity index (χ1n) is 9.56. The van der Waals surface area contributed by atoms with E-state index in [1.165, 1.54) is 30.4 Å². The first kappa shape index (κ1) is 16.6. The number of benzene rings is 1. The summed E-state index contributed by atoms with van der Waals surface area (Å²) < 4.78 is 0. The van der Waals surface area contributed by atoms with Crippen LogP contribution in [0.1, 0.15) is 57.6 Å². The molecule has 3 aliphatic rings. The van der Waals surface area contributed by atoms with Crippen molar-refractivity contribution in [3.05, 3.63) is 47.8 Å². The Balaban J connectivity index is 1.49. The molecule has 1 aromatic rings. The van der Waals surface area contributed by atoms with Gasteiger partial charge in [0.15, 0.2) is 0 Å². The number of nitrogens with zero attached hydrogens (tertiary/aromatic N) is 2. The molecule has 1 saturated carbocycles. The summed E-state index contributed by atoms with van der Waals surface area (Å²) in [4.78, 5) is 15.0. The monoisotopic (exact) mass is 339 g/mol. The number of fused-ring (bicyclic) bond motifs is 3. The Morgan fingerprint density at radius 3 is 2.52 bits per heavy atom. The van der Waals surface area contributed by atoms with Crippen LogP contribution in [0.4, 0.5) is 0 Å². The number of hydrazine groups is 1. The Morgan fingerprint density at radius 2 is 1.80 bits per heavy atom.